The van der Waals surface area contributed by atoms with E-state index in [0.717, 1.165) is 23.7 Å². The molecule has 1 aromatic rings. The van der Waals surface area contributed by atoms with Gasteiger partial charge in [-0.2, -0.15) is 5.26 Å². The summed E-state index contributed by atoms with van der Waals surface area (Å²) in [6.07, 6.45) is 6.85. The van der Waals surface area contributed by atoms with Crippen LogP contribution in [-0.2, 0) is 0 Å². The largest absolute Gasteiger partial charge is 0.297 e. The number of rotatable bonds is 4. The molecule has 2 aliphatic rings. The first-order chi connectivity index (χ1) is 9.69. The fourth-order valence-corrected chi connectivity index (χ4v) is 4.51. The van der Waals surface area contributed by atoms with E-state index in [1.54, 1.807) is 0 Å². The smallest absolute Gasteiger partial charge is 0.108 e. The molecule has 2 atom stereocenters. The molecule has 20 heavy (non-hydrogen) atoms. The Balaban J connectivity index is 1.64. The maximum Gasteiger partial charge on any atom is 0.108 e. The predicted molar refractivity (Wildman–Crippen MR) is 86.8 cm³/mol. The van der Waals surface area contributed by atoms with Gasteiger partial charge in [0.25, 0.3) is 0 Å². The zero-order valence-electron chi connectivity index (χ0n) is 11.4. The lowest BCUT2D eigenvalue weighted by Gasteiger charge is -2.36. The quantitative estimate of drug-likeness (QED) is 0.868. The van der Waals surface area contributed by atoms with Crippen molar-refractivity contribution in [3.8, 4) is 6.07 Å². The number of benzene rings is 1. The maximum absolute atomic E-state index is 9.61. The number of nitriles is 1. The van der Waals surface area contributed by atoms with Crippen LogP contribution in [0.2, 0.25) is 0 Å². The zero-order chi connectivity index (χ0) is 14.0. The molecular formula is C16H19BrN2S. The topological polar surface area (TPSA) is 35.8 Å². The number of halogens is 1. The molecule has 4 heteroatoms. The van der Waals surface area contributed by atoms with Crippen LogP contribution in [0.3, 0.4) is 0 Å². The van der Waals surface area contributed by atoms with Crippen LogP contribution in [-0.4, -0.2) is 16.8 Å². The van der Waals surface area contributed by atoms with Crippen LogP contribution >= 0.6 is 27.7 Å². The second kappa shape index (κ2) is 6.09. The molecule has 2 aliphatic carbocycles. The van der Waals surface area contributed by atoms with Crippen molar-refractivity contribution in [3.63, 3.8) is 0 Å². The molecule has 0 amide bonds. The molecule has 0 heterocycles. The summed E-state index contributed by atoms with van der Waals surface area (Å²) in [6.45, 7) is 0. The van der Waals surface area contributed by atoms with E-state index in [1.165, 1.54) is 24.2 Å². The number of thioether (sulfide) groups is 1. The van der Waals surface area contributed by atoms with Crippen LogP contribution in [0, 0.1) is 11.3 Å². The first-order valence-electron chi connectivity index (χ1n) is 7.30. The average molecular weight is 351 g/mol. The second-order valence-electron chi connectivity index (χ2n) is 5.90. The van der Waals surface area contributed by atoms with E-state index in [9.17, 15) is 5.26 Å². The summed E-state index contributed by atoms with van der Waals surface area (Å²) in [5.74, 6) is 0. The zero-order valence-corrected chi connectivity index (χ0v) is 13.8. The summed E-state index contributed by atoms with van der Waals surface area (Å²) in [5, 5.41) is 13.8. The van der Waals surface area contributed by atoms with E-state index in [0.29, 0.717) is 11.3 Å². The second-order valence-corrected chi connectivity index (χ2v) is 8.19. The van der Waals surface area contributed by atoms with Gasteiger partial charge < -0.3 is 0 Å². The van der Waals surface area contributed by atoms with Crippen molar-refractivity contribution in [2.45, 2.75) is 60.3 Å². The molecule has 0 spiro atoms. The molecule has 0 saturated heterocycles. The van der Waals surface area contributed by atoms with Crippen molar-refractivity contribution in [1.82, 2.24) is 5.32 Å². The Morgan fingerprint density at radius 3 is 2.65 bits per heavy atom. The highest BCUT2D eigenvalue weighted by atomic mass is 79.9. The van der Waals surface area contributed by atoms with Gasteiger partial charge in [0.2, 0.25) is 0 Å². The average Bonchev–Trinajstić information content (AvgIpc) is 3.26. The fraction of sp³-hybridized carbons (Fsp3) is 0.562. The molecule has 106 valence electrons. The molecule has 0 bridgehead atoms. The Labute approximate surface area is 133 Å². The molecule has 1 N–H and O–H groups in total. The number of hydrogen-bond donors (Lipinski definition) is 1. The Kier molecular flexibility index (Phi) is 4.40. The van der Waals surface area contributed by atoms with Crippen molar-refractivity contribution >= 4 is 27.7 Å². The standard InChI is InChI=1S/C16H19BrN2S/c17-12-3-7-14(8-4-12)20-15-2-1-9-16(10-15,11-18)19-13-5-6-13/h3-4,7-8,13,15,19H,1-2,5-6,9-10H2. The fourth-order valence-electron chi connectivity index (χ4n) is 2.91. The molecule has 0 aliphatic heterocycles. The minimum Gasteiger partial charge on any atom is -0.297 e. The van der Waals surface area contributed by atoms with Crippen molar-refractivity contribution in [3.05, 3.63) is 28.7 Å². The lowest BCUT2D eigenvalue weighted by atomic mass is 9.82. The summed E-state index contributed by atoms with van der Waals surface area (Å²) < 4.78 is 1.12. The number of nitrogens with zero attached hydrogens (tertiary/aromatic N) is 1. The summed E-state index contributed by atoms with van der Waals surface area (Å²) in [5.41, 5.74) is -0.271. The molecule has 2 unspecified atom stereocenters. The molecule has 0 radical (unpaired) electrons. The van der Waals surface area contributed by atoms with Gasteiger partial charge >= 0.3 is 0 Å². The Hall–Kier alpha value is -0.500. The highest BCUT2D eigenvalue weighted by Crippen LogP contribution is 2.39. The summed E-state index contributed by atoms with van der Waals surface area (Å²) in [6, 6.07) is 11.7. The lowest BCUT2D eigenvalue weighted by Crippen LogP contribution is -2.49. The van der Waals surface area contributed by atoms with Gasteiger partial charge in [0.05, 0.1) is 6.07 Å². The van der Waals surface area contributed by atoms with Crippen molar-refractivity contribution in [2.75, 3.05) is 0 Å². The maximum atomic E-state index is 9.61. The lowest BCUT2D eigenvalue weighted by molar-refractivity contribution is 0.301. The van der Waals surface area contributed by atoms with Gasteiger partial charge in [-0.3, -0.25) is 5.32 Å². The molecule has 0 aromatic heterocycles. The van der Waals surface area contributed by atoms with Gasteiger partial charge in [-0.05, 0) is 62.8 Å². The van der Waals surface area contributed by atoms with E-state index in [1.807, 2.05) is 11.8 Å². The predicted octanol–water partition coefficient (Wildman–Crippen LogP) is 4.50. The minimum atomic E-state index is -0.271. The van der Waals surface area contributed by atoms with Crippen LogP contribution in [0.5, 0.6) is 0 Å². The van der Waals surface area contributed by atoms with Crippen molar-refractivity contribution in [1.29, 1.82) is 5.26 Å². The van der Waals surface area contributed by atoms with Crippen molar-refractivity contribution in [2.24, 2.45) is 0 Å². The van der Waals surface area contributed by atoms with Gasteiger partial charge in [0.15, 0.2) is 0 Å². The van der Waals surface area contributed by atoms with Gasteiger partial charge in [0.1, 0.15) is 5.54 Å². The monoisotopic (exact) mass is 350 g/mol. The van der Waals surface area contributed by atoms with E-state index in [2.05, 4.69) is 51.6 Å². The Morgan fingerprint density at radius 2 is 2.00 bits per heavy atom. The SMILES string of the molecule is N#CC1(NC2CC2)CCCC(Sc2ccc(Br)cc2)C1. The number of nitrogens with one attached hydrogen (secondary N) is 1. The number of hydrogen-bond acceptors (Lipinski definition) is 3. The summed E-state index contributed by atoms with van der Waals surface area (Å²) in [7, 11) is 0. The van der Waals surface area contributed by atoms with Gasteiger partial charge in [-0.1, -0.05) is 15.9 Å². The van der Waals surface area contributed by atoms with E-state index in [4.69, 9.17) is 0 Å². The van der Waals surface area contributed by atoms with Crippen LogP contribution in [0.1, 0.15) is 38.5 Å². The third-order valence-corrected chi connectivity index (χ3v) is 5.90. The highest BCUT2D eigenvalue weighted by Gasteiger charge is 2.40. The molecule has 2 nitrogen and oxygen atoms in total. The highest BCUT2D eigenvalue weighted by molar-refractivity contribution is 9.10. The van der Waals surface area contributed by atoms with Crippen LogP contribution < -0.4 is 5.32 Å². The van der Waals surface area contributed by atoms with E-state index < -0.39 is 0 Å². The van der Waals surface area contributed by atoms with E-state index >= 15 is 0 Å². The van der Waals surface area contributed by atoms with Crippen LogP contribution in [0.4, 0.5) is 0 Å². The first kappa shape index (κ1) is 14.4. The Bertz CT molecular complexity index is 506. The summed E-state index contributed by atoms with van der Waals surface area (Å²) in [4.78, 5) is 1.30. The van der Waals surface area contributed by atoms with E-state index in [-0.39, 0.29) is 5.54 Å². The summed E-state index contributed by atoms with van der Waals surface area (Å²) >= 11 is 5.40. The molecule has 1 aromatic carbocycles. The first-order valence-corrected chi connectivity index (χ1v) is 8.98. The van der Waals surface area contributed by atoms with Gasteiger partial charge in [-0.15, -0.1) is 11.8 Å². The molecule has 3 rings (SSSR count). The van der Waals surface area contributed by atoms with Gasteiger partial charge in [0, 0.05) is 20.7 Å². The molecular weight excluding hydrogens is 332 g/mol. The Morgan fingerprint density at radius 1 is 1.25 bits per heavy atom. The van der Waals surface area contributed by atoms with Crippen molar-refractivity contribution < 1.29 is 0 Å². The molecule has 2 saturated carbocycles. The van der Waals surface area contributed by atoms with Gasteiger partial charge in [-0.25, -0.2) is 0 Å². The molecule has 2 fully saturated rings. The van der Waals surface area contributed by atoms with Crippen LogP contribution in [0.15, 0.2) is 33.6 Å². The third kappa shape index (κ3) is 3.58. The van der Waals surface area contributed by atoms with Crippen LogP contribution in [0.25, 0.3) is 0 Å². The third-order valence-electron chi connectivity index (χ3n) is 4.09. The minimum absolute atomic E-state index is 0.271. The normalized spacial score (nSPS) is 29.9.